The molecule has 0 bridgehead atoms. The Kier molecular flexibility index (Phi) is 6.89. The Morgan fingerprint density at radius 1 is 1.17 bits per heavy atom. The van der Waals surface area contributed by atoms with Gasteiger partial charge in [-0.2, -0.15) is 0 Å². The van der Waals surface area contributed by atoms with Gasteiger partial charge in [0, 0.05) is 44.7 Å². The number of ether oxygens (including phenoxy) is 1. The second-order valence-electron chi connectivity index (χ2n) is 6.90. The summed E-state index contributed by atoms with van der Waals surface area (Å²) in [6.45, 7) is 3.47. The van der Waals surface area contributed by atoms with Crippen LogP contribution in [-0.2, 0) is 13.0 Å². The maximum atomic E-state index is 5.63. The Balaban J connectivity index is 1.54. The molecular weight excluding hydrogens is 364 g/mol. The average molecular weight is 393 g/mol. The van der Waals surface area contributed by atoms with Gasteiger partial charge in [0.05, 0.1) is 12.8 Å². The maximum Gasteiger partial charge on any atom is 0.226 e. The summed E-state index contributed by atoms with van der Waals surface area (Å²) in [6.07, 6.45) is 2.47. The number of hydrogen-bond donors (Lipinski definition) is 1. The highest BCUT2D eigenvalue weighted by atomic mass is 16.5. The van der Waals surface area contributed by atoms with Crippen molar-refractivity contribution in [1.29, 1.82) is 0 Å². The summed E-state index contributed by atoms with van der Waals surface area (Å²) in [5.41, 5.74) is 4.23. The minimum absolute atomic E-state index is 0.651. The van der Waals surface area contributed by atoms with Crippen LogP contribution in [0.15, 0.2) is 64.2 Å². The van der Waals surface area contributed by atoms with Gasteiger partial charge in [-0.1, -0.05) is 35.9 Å². The van der Waals surface area contributed by atoms with Crippen molar-refractivity contribution in [3.63, 3.8) is 0 Å². The largest absolute Gasteiger partial charge is 0.496 e. The molecular formula is C23H28N4O2. The topological polar surface area (TPSA) is 62.9 Å². The van der Waals surface area contributed by atoms with Gasteiger partial charge in [-0.3, -0.25) is 4.99 Å². The molecule has 6 heteroatoms. The molecule has 0 atom stereocenters. The van der Waals surface area contributed by atoms with Crippen molar-refractivity contribution >= 4 is 5.96 Å². The fourth-order valence-corrected chi connectivity index (χ4v) is 3.10. The quantitative estimate of drug-likeness (QED) is 0.488. The van der Waals surface area contributed by atoms with E-state index in [1.54, 1.807) is 20.4 Å². The molecule has 152 valence electrons. The minimum atomic E-state index is 0.651. The third kappa shape index (κ3) is 5.38. The number of aromatic nitrogens is 1. The third-order valence-electron chi connectivity index (χ3n) is 4.69. The second kappa shape index (κ2) is 9.78. The zero-order valence-corrected chi connectivity index (χ0v) is 17.5. The lowest BCUT2D eigenvalue weighted by Crippen LogP contribution is -2.39. The highest BCUT2D eigenvalue weighted by molar-refractivity contribution is 5.79. The number of rotatable bonds is 7. The first kappa shape index (κ1) is 20.5. The molecule has 3 rings (SSSR count). The highest BCUT2D eigenvalue weighted by Gasteiger charge is 2.11. The summed E-state index contributed by atoms with van der Waals surface area (Å²) in [6, 6.07) is 16.2. The van der Waals surface area contributed by atoms with Crippen molar-refractivity contribution in [1.82, 2.24) is 15.2 Å². The van der Waals surface area contributed by atoms with Gasteiger partial charge in [-0.05, 0) is 25.1 Å². The summed E-state index contributed by atoms with van der Waals surface area (Å²) in [4.78, 5) is 11.0. The van der Waals surface area contributed by atoms with Gasteiger partial charge in [0.1, 0.15) is 12.0 Å². The van der Waals surface area contributed by atoms with Crippen molar-refractivity contribution in [3.05, 3.63) is 71.6 Å². The molecule has 0 aliphatic carbocycles. The van der Waals surface area contributed by atoms with E-state index in [2.05, 4.69) is 45.3 Å². The van der Waals surface area contributed by atoms with E-state index in [0.717, 1.165) is 35.0 Å². The van der Waals surface area contributed by atoms with Gasteiger partial charge in [0.15, 0.2) is 5.96 Å². The van der Waals surface area contributed by atoms with E-state index in [1.165, 1.54) is 5.56 Å². The van der Waals surface area contributed by atoms with Crippen LogP contribution in [0.1, 0.15) is 16.8 Å². The predicted octanol–water partition coefficient (Wildman–Crippen LogP) is 3.91. The lowest BCUT2D eigenvalue weighted by Gasteiger charge is -2.23. The van der Waals surface area contributed by atoms with E-state index in [1.807, 2.05) is 37.4 Å². The maximum absolute atomic E-state index is 5.63. The molecule has 2 aromatic carbocycles. The van der Waals surface area contributed by atoms with Gasteiger partial charge >= 0.3 is 0 Å². The molecule has 1 heterocycles. The molecule has 0 spiro atoms. The number of hydrogen-bond acceptors (Lipinski definition) is 4. The van der Waals surface area contributed by atoms with Crippen LogP contribution < -0.4 is 10.1 Å². The summed E-state index contributed by atoms with van der Waals surface area (Å²) in [5, 5.41) is 3.39. The lowest BCUT2D eigenvalue weighted by molar-refractivity contribution is 0.396. The molecule has 0 unspecified atom stereocenters. The SMILES string of the molecule is CN=C(NCCc1coc(-c2ccc(C)cc2)n1)N(C)Cc1ccccc1OC. The van der Waals surface area contributed by atoms with Gasteiger partial charge in [0.25, 0.3) is 0 Å². The molecule has 0 saturated heterocycles. The van der Waals surface area contributed by atoms with E-state index >= 15 is 0 Å². The number of nitrogens with zero attached hydrogens (tertiary/aromatic N) is 3. The normalized spacial score (nSPS) is 11.4. The minimum Gasteiger partial charge on any atom is -0.496 e. The second-order valence-corrected chi connectivity index (χ2v) is 6.90. The third-order valence-corrected chi connectivity index (χ3v) is 4.69. The van der Waals surface area contributed by atoms with Crippen LogP contribution >= 0.6 is 0 Å². The Hall–Kier alpha value is -3.28. The number of para-hydroxylation sites is 1. The zero-order valence-electron chi connectivity index (χ0n) is 17.5. The van der Waals surface area contributed by atoms with E-state index in [0.29, 0.717) is 19.0 Å². The highest BCUT2D eigenvalue weighted by Crippen LogP contribution is 2.20. The molecule has 1 aromatic heterocycles. The zero-order chi connectivity index (χ0) is 20.6. The number of methoxy groups -OCH3 is 1. The van der Waals surface area contributed by atoms with Crippen molar-refractivity contribution in [2.24, 2.45) is 4.99 Å². The standard InChI is InChI=1S/C23H28N4O2/c1-17-9-11-18(12-10-17)22-26-20(16-29-22)13-14-25-23(24-2)27(3)15-19-7-5-6-8-21(19)28-4/h5-12,16H,13-15H2,1-4H3,(H,24,25). The van der Waals surface area contributed by atoms with Crippen molar-refractivity contribution in [2.75, 3.05) is 27.7 Å². The number of nitrogens with one attached hydrogen (secondary N) is 1. The molecule has 0 aliphatic heterocycles. The molecule has 0 saturated carbocycles. The van der Waals surface area contributed by atoms with Crippen molar-refractivity contribution < 1.29 is 9.15 Å². The van der Waals surface area contributed by atoms with E-state index in [4.69, 9.17) is 9.15 Å². The van der Waals surface area contributed by atoms with E-state index < -0.39 is 0 Å². The number of aryl methyl sites for hydroxylation is 1. The Morgan fingerprint density at radius 2 is 1.93 bits per heavy atom. The molecule has 29 heavy (non-hydrogen) atoms. The molecule has 0 aliphatic rings. The summed E-state index contributed by atoms with van der Waals surface area (Å²) >= 11 is 0. The van der Waals surface area contributed by atoms with Crippen LogP contribution in [0.3, 0.4) is 0 Å². The number of aliphatic imine (C=N–C) groups is 1. The van der Waals surface area contributed by atoms with E-state index in [9.17, 15) is 0 Å². The first-order chi connectivity index (χ1) is 14.1. The smallest absolute Gasteiger partial charge is 0.226 e. The molecule has 0 amide bonds. The molecule has 1 N–H and O–H groups in total. The fourth-order valence-electron chi connectivity index (χ4n) is 3.10. The van der Waals surface area contributed by atoms with Crippen LogP contribution in [0.2, 0.25) is 0 Å². The molecule has 6 nitrogen and oxygen atoms in total. The average Bonchev–Trinajstić information content (AvgIpc) is 3.21. The summed E-state index contributed by atoms with van der Waals surface area (Å²) < 4.78 is 11.1. The number of benzene rings is 2. The lowest BCUT2D eigenvalue weighted by atomic mass is 10.1. The Labute approximate surface area is 172 Å². The number of oxazole rings is 1. The molecule has 3 aromatic rings. The first-order valence-corrected chi connectivity index (χ1v) is 9.66. The molecule has 0 radical (unpaired) electrons. The van der Waals surface area contributed by atoms with Crippen LogP contribution in [0.4, 0.5) is 0 Å². The monoisotopic (exact) mass is 392 g/mol. The van der Waals surface area contributed by atoms with Crippen LogP contribution in [0, 0.1) is 6.92 Å². The van der Waals surface area contributed by atoms with Crippen molar-refractivity contribution in [2.45, 2.75) is 19.9 Å². The van der Waals surface area contributed by atoms with Gasteiger partial charge < -0.3 is 19.4 Å². The summed E-state index contributed by atoms with van der Waals surface area (Å²) in [5.74, 6) is 2.34. The van der Waals surface area contributed by atoms with Crippen LogP contribution in [0.25, 0.3) is 11.5 Å². The predicted molar refractivity (Wildman–Crippen MR) is 116 cm³/mol. The summed E-state index contributed by atoms with van der Waals surface area (Å²) in [7, 11) is 5.48. The van der Waals surface area contributed by atoms with Crippen LogP contribution in [0.5, 0.6) is 5.75 Å². The van der Waals surface area contributed by atoms with E-state index in [-0.39, 0.29) is 0 Å². The van der Waals surface area contributed by atoms with Gasteiger partial charge in [0.2, 0.25) is 5.89 Å². The van der Waals surface area contributed by atoms with Gasteiger partial charge in [-0.25, -0.2) is 4.98 Å². The van der Waals surface area contributed by atoms with Crippen LogP contribution in [-0.4, -0.2) is 43.6 Å². The first-order valence-electron chi connectivity index (χ1n) is 9.66. The Bertz CT molecular complexity index is 948. The Morgan fingerprint density at radius 3 is 2.66 bits per heavy atom. The number of guanidine groups is 1. The van der Waals surface area contributed by atoms with Gasteiger partial charge in [-0.15, -0.1) is 0 Å². The van der Waals surface area contributed by atoms with Crippen molar-refractivity contribution in [3.8, 4) is 17.2 Å². The fraction of sp³-hybridized carbons (Fsp3) is 0.304. The molecule has 0 fully saturated rings.